The Balaban J connectivity index is 1.80. The summed E-state index contributed by atoms with van der Waals surface area (Å²) in [5.74, 6) is 0.954. The first-order valence-electron chi connectivity index (χ1n) is 7.64. The molecule has 1 atom stereocenters. The lowest BCUT2D eigenvalue weighted by atomic mass is 10.1. The van der Waals surface area contributed by atoms with Crippen LogP contribution in [0.15, 0.2) is 65.3 Å². The lowest BCUT2D eigenvalue weighted by molar-refractivity contribution is 0.0940. The van der Waals surface area contributed by atoms with Gasteiger partial charge in [-0.3, -0.25) is 4.79 Å². The van der Waals surface area contributed by atoms with Gasteiger partial charge in [0.25, 0.3) is 5.91 Å². The van der Waals surface area contributed by atoms with E-state index < -0.39 is 0 Å². The minimum Gasteiger partial charge on any atom is -0.497 e. The molecule has 0 spiro atoms. The van der Waals surface area contributed by atoms with Crippen LogP contribution in [0.3, 0.4) is 0 Å². The van der Waals surface area contributed by atoms with Crippen LogP contribution in [0.25, 0.3) is 11.3 Å². The van der Waals surface area contributed by atoms with Crippen LogP contribution in [0.2, 0.25) is 0 Å². The fourth-order valence-electron chi connectivity index (χ4n) is 2.45. The maximum absolute atomic E-state index is 12.6. The summed E-state index contributed by atoms with van der Waals surface area (Å²) in [6.07, 6.45) is 1.44. The molecule has 5 heteroatoms. The van der Waals surface area contributed by atoms with Crippen molar-refractivity contribution in [2.75, 3.05) is 7.11 Å². The number of carbonyl (C=O) groups excluding carboxylic acids is 1. The fourth-order valence-corrected chi connectivity index (χ4v) is 2.45. The summed E-state index contributed by atoms with van der Waals surface area (Å²) in [5, 5.41) is 6.74. The van der Waals surface area contributed by atoms with Crippen LogP contribution in [0.5, 0.6) is 5.75 Å². The summed E-state index contributed by atoms with van der Waals surface area (Å²) in [4.78, 5) is 12.6. The number of rotatable bonds is 5. The molecular weight excluding hydrogens is 304 g/mol. The lowest BCUT2D eigenvalue weighted by Gasteiger charge is -2.13. The Bertz CT molecular complexity index is 810. The van der Waals surface area contributed by atoms with Gasteiger partial charge >= 0.3 is 0 Å². The molecule has 0 fully saturated rings. The number of hydrogen-bond acceptors (Lipinski definition) is 4. The highest BCUT2D eigenvalue weighted by Gasteiger charge is 2.19. The van der Waals surface area contributed by atoms with Gasteiger partial charge in [0.1, 0.15) is 11.3 Å². The van der Waals surface area contributed by atoms with E-state index in [1.165, 1.54) is 6.20 Å². The van der Waals surface area contributed by atoms with Crippen molar-refractivity contribution in [2.24, 2.45) is 0 Å². The molecule has 1 amide bonds. The molecule has 3 aromatic rings. The highest BCUT2D eigenvalue weighted by molar-refractivity contribution is 5.99. The molecule has 24 heavy (non-hydrogen) atoms. The molecule has 3 rings (SSSR count). The zero-order valence-corrected chi connectivity index (χ0v) is 13.5. The Kier molecular flexibility index (Phi) is 4.61. The van der Waals surface area contributed by atoms with Crippen molar-refractivity contribution in [3.63, 3.8) is 0 Å². The number of methoxy groups -OCH3 is 1. The van der Waals surface area contributed by atoms with E-state index in [1.807, 2.05) is 61.5 Å². The maximum Gasteiger partial charge on any atom is 0.257 e. The number of nitrogens with one attached hydrogen (secondary N) is 1. The molecule has 0 aliphatic heterocycles. The molecule has 0 saturated carbocycles. The average Bonchev–Trinajstić information content (AvgIpc) is 3.12. The highest BCUT2D eigenvalue weighted by Crippen LogP contribution is 2.26. The average molecular weight is 322 g/mol. The second kappa shape index (κ2) is 7.00. The number of hydrogen-bond donors (Lipinski definition) is 1. The van der Waals surface area contributed by atoms with Gasteiger partial charge in [0.15, 0.2) is 5.76 Å². The third-order valence-corrected chi connectivity index (χ3v) is 3.81. The SMILES string of the molecule is COc1ccc(-c2oncc2C(=O)NC(C)c2ccccc2)cc1. The standard InChI is InChI=1S/C19H18N2O3/c1-13(14-6-4-3-5-7-14)21-19(22)17-12-20-24-18(17)15-8-10-16(23-2)11-9-15/h3-13H,1-2H3,(H,21,22). The quantitative estimate of drug-likeness (QED) is 0.775. The first kappa shape index (κ1) is 15.8. The molecule has 1 N–H and O–H groups in total. The van der Waals surface area contributed by atoms with Crippen molar-refractivity contribution in [3.8, 4) is 17.1 Å². The number of carbonyl (C=O) groups is 1. The first-order valence-corrected chi connectivity index (χ1v) is 7.64. The van der Waals surface area contributed by atoms with Gasteiger partial charge in [0.05, 0.1) is 19.3 Å². The fraction of sp³-hybridized carbons (Fsp3) is 0.158. The van der Waals surface area contributed by atoms with Gasteiger partial charge in [0, 0.05) is 5.56 Å². The van der Waals surface area contributed by atoms with E-state index in [0.717, 1.165) is 16.9 Å². The molecule has 0 aliphatic carbocycles. The summed E-state index contributed by atoms with van der Waals surface area (Å²) >= 11 is 0. The van der Waals surface area contributed by atoms with Crippen LogP contribution >= 0.6 is 0 Å². The smallest absolute Gasteiger partial charge is 0.257 e. The van der Waals surface area contributed by atoms with Gasteiger partial charge < -0.3 is 14.6 Å². The van der Waals surface area contributed by atoms with Crippen LogP contribution in [0.4, 0.5) is 0 Å². The van der Waals surface area contributed by atoms with Crippen LogP contribution in [-0.4, -0.2) is 18.2 Å². The summed E-state index contributed by atoms with van der Waals surface area (Å²) in [5.41, 5.74) is 2.21. The number of amides is 1. The number of benzene rings is 2. The lowest BCUT2D eigenvalue weighted by Crippen LogP contribution is -2.26. The number of ether oxygens (including phenoxy) is 1. The van der Waals surface area contributed by atoms with E-state index in [0.29, 0.717) is 11.3 Å². The predicted molar refractivity (Wildman–Crippen MR) is 90.8 cm³/mol. The molecule has 1 unspecified atom stereocenters. The summed E-state index contributed by atoms with van der Waals surface area (Å²) in [6.45, 7) is 1.94. The second-order valence-electron chi connectivity index (χ2n) is 5.40. The Labute approximate surface area is 140 Å². The molecule has 0 aliphatic rings. The van der Waals surface area contributed by atoms with Crippen LogP contribution in [0, 0.1) is 0 Å². The summed E-state index contributed by atoms with van der Waals surface area (Å²) in [6, 6.07) is 17.0. The van der Waals surface area contributed by atoms with Crippen molar-refractivity contribution < 1.29 is 14.1 Å². The van der Waals surface area contributed by atoms with E-state index in [-0.39, 0.29) is 11.9 Å². The van der Waals surface area contributed by atoms with Crippen LogP contribution < -0.4 is 10.1 Å². The van der Waals surface area contributed by atoms with Gasteiger partial charge in [-0.25, -0.2) is 0 Å². The molecule has 0 radical (unpaired) electrons. The molecular formula is C19H18N2O3. The minimum absolute atomic E-state index is 0.114. The molecule has 2 aromatic carbocycles. The second-order valence-corrected chi connectivity index (χ2v) is 5.40. The Morgan fingerprint density at radius 2 is 1.83 bits per heavy atom. The topological polar surface area (TPSA) is 64.4 Å². The van der Waals surface area contributed by atoms with Crippen LogP contribution in [-0.2, 0) is 0 Å². The molecule has 122 valence electrons. The van der Waals surface area contributed by atoms with Gasteiger partial charge in [-0.2, -0.15) is 0 Å². The molecule has 1 aromatic heterocycles. The maximum atomic E-state index is 12.6. The van der Waals surface area contributed by atoms with E-state index in [9.17, 15) is 4.79 Å². The first-order chi connectivity index (χ1) is 11.7. The molecule has 1 heterocycles. The normalized spacial score (nSPS) is 11.8. The molecule has 5 nitrogen and oxygen atoms in total. The summed E-state index contributed by atoms with van der Waals surface area (Å²) in [7, 11) is 1.60. The van der Waals surface area contributed by atoms with Gasteiger partial charge in [-0.1, -0.05) is 35.5 Å². The van der Waals surface area contributed by atoms with Gasteiger partial charge in [0.2, 0.25) is 0 Å². The molecule has 0 bridgehead atoms. The van der Waals surface area contributed by atoms with Crippen molar-refractivity contribution >= 4 is 5.91 Å². The van der Waals surface area contributed by atoms with Gasteiger partial charge in [-0.15, -0.1) is 0 Å². The third kappa shape index (κ3) is 3.30. The van der Waals surface area contributed by atoms with Crippen molar-refractivity contribution in [3.05, 3.63) is 71.9 Å². The monoisotopic (exact) mass is 322 g/mol. The Hall–Kier alpha value is -3.08. The zero-order chi connectivity index (χ0) is 16.9. The largest absolute Gasteiger partial charge is 0.497 e. The zero-order valence-electron chi connectivity index (χ0n) is 13.5. The number of nitrogens with zero attached hydrogens (tertiary/aromatic N) is 1. The van der Waals surface area contributed by atoms with Crippen molar-refractivity contribution in [1.29, 1.82) is 0 Å². The number of aromatic nitrogens is 1. The Morgan fingerprint density at radius 1 is 1.12 bits per heavy atom. The summed E-state index contributed by atoms with van der Waals surface area (Å²) < 4.78 is 10.4. The van der Waals surface area contributed by atoms with E-state index in [1.54, 1.807) is 7.11 Å². The minimum atomic E-state index is -0.224. The highest BCUT2D eigenvalue weighted by atomic mass is 16.5. The van der Waals surface area contributed by atoms with E-state index in [2.05, 4.69) is 10.5 Å². The van der Waals surface area contributed by atoms with Crippen molar-refractivity contribution in [1.82, 2.24) is 10.5 Å². The molecule has 0 saturated heterocycles. The van der Waals surface area contributed by atoms with Crippen molar-refractivity contribution in [2.45, 2.75) is 13.0 Å². The predicted octanol–water partition coefficient (Wildman–Crippen LogP) is 3.84. The van der Waals surface area contributed by atoms with E-state index >= 15 is 0 Å². The van der Waals surface area contributed by atoms with E-state index in [4.69, 9.17) is 9.26 Å². The van der Waals surface area contributed by atoms with Gasteiger partial charge in [-0.05, 0) is 36.8 Å². The Morgan fingerprint density at radius 3 is 2.50 bits per heavy atom. The van der Waals surface area contributed by atoms with Crippen LogP contribution in [0.1, 0.15) is 28.9 Å². The third-order valence-electron chi connectivity index (χ3n) is 3.81.